The molecule has 2 rings (SSSR count). The number of nitrogens with zero attached hydrogens (tertiary/aromatic N) is 3. The molecule has 0 radical (unpaired) electrons. The zero-order chi connectivity index (χ0) is 18.3. The molecule has 6 nitrogen and oxygen atoms in total. The van der Waals surface area contributed by atoms with E-state index in [1.54, 1.807) is 7.05 Å². The fourth-order valence-corrected chi connectivity index (χ4v) is 2.75. The first kappa shape index (κ1) is 19.2. The Morgan fingerprint density at radius 2 is 2.12 bits per heavy atom. The Morgan fingerprint density at radius 1 is 1.32 bits per heavy atom. The summed E-state index contributed by atoms with van der Waals surface area (Å²) in [6, 6.07) is 8.00. The van der Waals surface area contributed by atoms with Gasteiger partial charge < -0.3 is 15.2 Å². The lowest BCUT2D eigenvalue weighted by atomic mass is 9.86. The van der Waals surface area contributed by atoms with Crippen LogP contribution in [0.2, 0.25) is 5.02 Å². The van der Waals surface area contributed by atoms with Gasteiger partial charge in [-0.2, -0.15) is 4.98 Å². The molecule has 25 heavy (non-hydrogen) atoms. The van der Waals surface area contributed by atoms with Crippen molar-refractivity contribution in [1.29, 1.82) is 0 Å². The molecule has 1 heterocycles. The van der Waals surface area contributed by atoms with Gasteiger partial charge in [0, 0.05) is 31.6 Å². The fourth-order valence-electron chi connectivity index (χ4n) is 2.54. The smallest absolute Gasteiger partial charge is 0.228 e. The van der Waals surface area contributed by atoms with E-state index in [4.69, 9.17) is 16.1 Å². The topological polar surface area (TPSA) is 75.3 Å². The van der Waals surface area contributed by atoms with Crippen LogP contribution in [0.25, 0.3) is 0 Å². The van der Waals surface area contributed by atoms with Crippen LogP contribution in [0.4, 0.5) is 0 Å². The number of hydrogen-bond acceptors (Lipinski definition) is 4. The zero-order valence-corrected chi connectivity index (χ0v) is 16.0. The van der Waals surface area contributed by atoms with Crippen LogP contribution < -0.4 is 10.6 Å². The van der Waals surface area contributed by atoms with Gasteiger partial charge in [0.1, 0.15) is 0 Å². The molecule has 0 spiro atoms. The van der Waals surface area contributed by atoms with E-state index < -0.39 is 0 Å². The molecule has 0 saturated heterocycles. The van der Waals surface area contributed by atoms with Crippen molar-refractivity contribution < 1.29 is 4.52 Å². The normalized spacial score (nSPS) is 12.3. The molecule has 0 aliphatic heterocycles. The third kappa shape index (κ3) is 6.74. The van der Waals surface area contributed by atoms with E-state index >= 15 is 0 Å². The Kier molecular flexibility index (Phi) is 6.82. The zero-order valence-electron chi connectivity index (χ0n) is 15.3. The van der Waals surface area contributed by atoms with Crippen LogP contribution in [-0.4, -0.2) is 36.2 Å². The number of rotatable bonds is 7. The van der Waals surface area contributed by atoms with Gasteiger partial charge in [-0.3, -0.25) is 4.99 Å². The van der Waals surface area contributed by atoms with E-state index in [9.17, 15) is 0 Å². The Balaban J connectivity index is 1.78. The number of aliphatic imine (C=N–C) groups is 1. The maximum absolute atomic E-state index is 6.07. The lowest BCUT2D eigenvalue weighted by molar-refractivity contribution is 0.358. The minimum atomic E-state index is 0.0614. The van der Waals surface area contributed by atoms with Crippen LogP contribution in [0.5, 0.6) is 0 Å². The number of aromatic nitrogens is 2. The Bertz CT molecular complexity index is 711. The minimum Gasteiger partial charge on any atom is -0.356 e. The largest absolute Gasteiger partial charge is 0.356 e. The SMILES string of the molecule is CN=C(NCCc1nc(C)no1)NCC(C)(C)Cc1cccc(Cl)c1. The van der Waals surface area contributed by atoms with Crippen molar-refractivity contribution in [3.8, 4) is 0 Å². The van der Waals surface area contributed by atoms with Gasteiger partial charge in [0.05, 0.1) is 0 Å². The first-order valence-corrected chi connectivity index (χ1v) is 8.74. The maximum Gasteiger partial charge on any atom is 0.228 e. The van der Waals surface area contributed by atoms with Gasteiger partial charge in [0.25, 0.3) is 0 Å². The molecule has 0 atom stereocenters. The second kappa shape index (κ2) is 8.85. The fraction of sp³-hybridized carbons (Fsp3) is 0.500. The molecule has 0 amide bonds. The Hall–Kier alpha value is -2.08. The van der Waals surface area contributed by atoms with Crippen LogP contribution in [0.3, 0.4) is 0 Å². The van der Waals surface area contributed by atoms with E-state index in [-0.39, 0.29) is 5.41 Å². The summed E-state index contributed by atoms with van der Waals surface area (Å²) in [7, 11) is 1.76. The summed E-state index contributed by atoms with van der Waals surface area (Å²) < 4.78 is 5.10. The van der Waals surface area contributed by atoms with Crippen LogP contribution >= 0.6 is 11.6 Å². The molecule has 0 fully saturated rings. The predicted octanol–water partition coefficient (Wildman–Crippen LogP) is 3.01. The Morgan fingerprint density at radius 3 is 2.76 bits per heavy atom. The standard InChI is InChI=1S/C18H26ClN5O/c1-13-23-16(25-24-13)8-9-21-17(20-4)22-12-18(2,3)11-14-6-5-7-15(19)10-14/h5-7,10H,8-9,11-12H2,1-4H3,(H2,20,21,22). The molecule has 2 aromatic rings. The minimum absolute atomic E-state index is 0.0614. The molecule has 7 heteroatoms. The third-order valence-electron chi connectivity index (χ3n) is 3.73. The highest BCUT2D eigenvalue weighted by Gasteiger charge is 2.19. The van der Waals surface area contributed by atoms with Gasteiger partial charge in [0.15, 0.2) is 11.8 Å². The van der Waals surface area contributed by atoms with Crippen molar-refractivity contribution in [1.82, 2.24) is 20.8 Å². The molecule has 0 aliphatic carbocycles. The number of guanidine groups is 1. The lowest BCUT2D eigenvalue weighted by Gasteiger charge is -2.26. The van der Waals surface area contributed by atoms with E-state index in [1.165, 1.54) is 5.56 Å². The summed E-state index contributed by atoms with van der Waals surface area (Å²) in [6.07, 6.45) is 1.59. The summed E-state index contributed by atoms with van der Waals surface area (Å²) in [6.45, 7) is 7.71. The molecule has 0 aliphatic rings. The summed E-state index contributed by atoms with van der Waals surface area (Å²) >= 11 is 6.07. The van der Waals surface area contributed by atoms with Crippen molar-refractivity contribution in [3.63, 3.8) is 0 Å². The first-order chi connectivity index (χ1) is 11.9. The summed E-state index contributed by atoms with van der Waals surface area (Å²) in [5.74, 6) is 2.04. The molecule has 1 aromatic carbocycles. The van der Waals surface area contributed by atoms with Crippen molar-refractivity contribution in [3.05, 3.63) is 46.6 Å². The van der Waals surface area contributed by atoms with Crippen LogP contribution in [0.1, 0.15) is 31.1 Å². The highest BCUT2D eigenvalue weighted by molar-refractivity contribution is 6.30. The van der Waals surface area contributed by atoms with E-state index in [1.807, 2.05) is 25.1 Å². The second-order valence-electron chi connectivity index (χ2n) is 6.81. The predicted molar refractivity (Wildman–Crippen MR) is 101 cm³/mol. The third-order valence-corrected chi connectivity index (χ3v) is 3.97. The van der Waals surface area contributed by atoms with E-state index in [2.05, 4.69) is 45.7 Å². The molecular weight excluding hydrogens is 338 g/mol. The van der Waals surface area contributed by atoms with Crippen LogP contribution in [-0.2, 0) is 12.8 Å². The molecule has 0 bridgehead atoms. The Labute approximate surface area is 154 Å². The van der Waals surface area contributed by atoms with Gasteiger partial charge in [0.2, 0.25) is 5.89 Å². The lowest BCUT2D eigenvalue weighted by Crippen LogP contribution is -2.43. The summed E-state index contributed by atoms with van der Waals surface area (Å²) in [4.78, 5) is 8.44. The van der Waals surface area contributed by atoms with Crippen LogP contribution in [0.15, 0.2) is 33.8 Å². The van der Waals surface area contributed by atoms with Gasteiger partial charge in [-0.05, 0) is 36.5 Å². The molecule has 2 N–H and O–H groups in total. The average molecular weight is 364 g/mol. The number of benzene rings is 1. The number of hydrogen-bond donors (Lipinski definition) is 2. The van der Waals surface area contributed by atoms with Gasteiger partial charge in [-0.15, -0.1) is 0 Å². The highest BCUT2D eigenvalue weighted by Crippen LogP contribution is 2.22. The molecule has 0 saturated carbocycles. The average Bonchev–Trinajstić information content (AvgIpc) is 2.95. The molecular formula is C18H26ClN5O. The highest BCUT2D eigenvalue weighted by atomic mass is 35.5. The van der Waals surface area contributed by atoms with Crippen molar-refractivity contribution in [2.24, 2.45) is 10.4 Å². The molecule has 136 valence electrons. The van der Waals surface area contributed by atoms with Gasteiger partial charge in [-0.25, -0.2) is 0 Å². The van der Waals surface area contributed by atoms with Crippen molar-refractivity contribution >= 4 is 17.6 Å². The molecule has 0 unspecified atom stereocenters. The monoisotopic (exact) mass is 363 g/mol. The van der Waals surface area contributed by atoms with E-state index in [0.29, 0.717) is 24.7 Å². The second-order valence-corrected chi connectivity index (χ2v) is 7.25. The number of nitrogens with one attached hydrogen (secondary N) is 2. The summed E-state index contributed by atoms with van der Waals surface area (Å²) in [5.41, 5.74) is 1.29. The van der Waals surface area contributed by atoms with Gasteiger partial charge >= 0.3 is 0 Å². The van der Waals surface area contributed by atoms with Crippen molar-refractivity contribution in [2.75, 3.05) is 20.1 Å². The number of aryl methyl sites for hydroxylation is 1. The quantitative estimate of drug-likeness (QED) is 0.584. The number of halogens is 1. The first-order valence-electron chi connectivity index (χ1n) is 8.36. The van der Waals surface area contributed by atoms with E-state index in [0.717, 1.165) is 23.9 Å². The summed E-state index contributed by atoms with van der Waals surface area (Å²) in [5, 5.41) is 11.2. The van der Waals surface area contributed by atoms with Gasteiger partial charge in [-0.1, -0.05) is 42.7 Å². The maximum atomic E-state index is 6.07. The van der Waals surface area contributed by atoms with Crippen molar-refractivity contribution in [2.45, 2.75) is 33.6 Å². The van der Waals surface area contributed by atoms with Crippen LogP contribution in [0, 0.1) is 12.3 Å². The molecule has 1 aromatic heterocycles.